The molecule has 21 heavy (non-hydrogen) atoms. The highest BCUT2D eigenvalue weighted by Crippen LogP contribution is 2.38. The van der Waals surface area contributed by atoms with Gasteiger partial charge in [-0.3, -0.25) is 4.90 Å². The van der Waals surface area contributed by atoms with Gasteiger partial charge in [-0.25, -0.2) is 4.98 Å². The van der Waals surface area contributed by atoms with Crippen molar-refractivity contribution in [2.24, 2.45) is 0 Å². The normalized spacial score (nSPS) is 26.8. The quantitative estimate of drug-likeness (QED) is 0.925. The van der Waals surface area contributed by atoms with Gasteiger partial charge >= 0.3 is 0 Å². The highest BCUT2D eigenvalue weighted by atomic mass is 32.1. The summed E-state index contributed by atoms with van der Waals surface area (Å²) in [5, 5.41) is 5.22. The fourth-order valence-corrected chi connectivity index (χ4v) is 5.07. The van der Waals surface area contributed by atoms with Gasteiger partial charge in [0.05, 0.1) is 11.2 Å². The molecule has 0 amide bonds. The molecule has 4 heteroatoms. The second kappa shape index (κ2) is 5.98. The van der Waals surface area contributed by atoms with Crippen molar-refractivity contribution < 1.29 is 0 Å². The van der Waals surface area contributed by atoms with Crippen LogP contribution in [0.2, 0.25) is 0 Å². The SMILES string of the molecule is CC(C)NC1(c2nc3c(s2)CCCC3)CCN(C(C)C)C1. The first-order valence-corrected chi connectivity index (χ1v) is 9.32. The van der Waals surface area contributed by atoms with Crippen molar-refractivity contribution in [1.29, 1.82) is 0 Å². The van der Waals surface area contributed by atoms with E-state index in [0.29, 0.717) is 12.1 Å². The van der Waals surface area contributed by atoms with Gasteiger partial charge in [-0.05, 0) is 59.8 Å². The molecule has 0 aromatic carbocycles. The monoisotopic (exact) mass is 307 g/mol. The van der Waals surface area contributed by atoms with Gasteiger partial charge in [0.25, 0.3) is 0 Å². The number of hydrogen-bond acceptors (Lipinski definition) is 4. The number of thiazole rings is 1. The molecular weight excluding hydrogens is 278 g/mol. The van der Waals surface area contributed by atoms with E-state index >= 15 is 0 Å². The molecule has 118 valence electrons. The van der Waals surface area contributed by atoms with Crippen LogP contribution < -0.4 is 5.32 Å². The van der Waals surface area contributed by atoms with Gasteiger partial charge in [0.1, 0.15) is 5.01 Å². The largest absolute Gasteiger partial charge is 0.302 e. The first-order valence-electron chi connectivity index (χ1n) is 8.51. The Morgan fingerprint density at radius 3 is 2.57 bits per heavy atom. The number of fused-ring (bicyclic) bond motifs is 1. The second-order valence-corrected chi connectivity index (χ2v) is 8.37. The van der Waals surface area contributed by atoms with Gasteiger partial charge in [-0.2, -0.15) is 0 Å². The van der Waals surface area contributed by atoms with E-state index in [1.54, 1.807) is 4.88 Å². The third-order valence-electron chi connectivity index (χ3n) is 4.85. The molecule has 3 rings (SSSR count). The molecule has 1 unspecified atom stereocenters. The maximum atomic E-state index is 5.08. The highest BCUT2D eigenvalue weighted by molar-refractivity contribution is 7.11. The molecule has 1 fully saturated rings. The summed E-state index contributed by atoms with van der Waals surface area (Å²) in [7, 11) is 0. The van der Waals surface area contributed by atoms with Crippen LogP contribution in [0.5, 0.6) is 0 Å². The van der Waals surface area contributed by atoms with Crippen molar-refractivity contribution >= 4 is 11.3 Å². The van der Waals surface area contributed by atoms with Crippen molar-refractivity contribution in [1.82, 2.24) is 15.2 Å². The minimum absolute atomic E-state index is 0.0838. The van der Waals surface area contributed by atoms with E-state index < -0.39 is 0 Å². The van der Waals surface area contributed by atoms with E-state index in [9.17, 15) is 0 Å². The van der Waals surface area contributed by atoms with E-state index in [2.05, 4.69) is 37.9 Å². The zero-order chi connectivity index (χ0) is 15.0. The molecule has 0 spiro atoms. The number of rotatable bonds is 4. The van der Waals surface area contributed by atoms with Crippen molar-refractivity contribution in [2.45, 2.75) is 77.4 Å². The van der Waals surface area contributed by atoms with Crippen LogP contribution in [0.25, 0.3) is 0 Å². The number of nitrogens with zero attached hydrogens (tertiary/aromatic N) is 2. The summed E-state index contributed by atoms with van der Waals surface area (Å²) in [6.07, 6.45) is 6.29. The lowest BCUT2D eigenvalue weighted by Crippen LogP contribution is -2.48. The average molecular weight is 308 g/mol. The van der Waals surface area contributed by atoms with Crippen LogP contribution in [0.4, 0.5) is 0 Å². The first kappa shape index (κ1) is 15.4. The summed E-state index contributed by atoms with van der Waals surface area (Å²) in [6.45, 7) is 11.4. The maximum absolute atomic E-state index is 5.08. The number of likely N-dealkylation sites (tertiary alicyclic amines) is 1. The van der Waals surface area contributed by atoms with E-state index in [1.165, 1.54) is 49.4 Å². The van der Waals surface area contributed by atoms with Crippen molar-refractivity contribution in [3.63, 3.8) is 0 Å². The van der Waals surface area contributed by atoms with Gasteiger partial charge in [-0.15, -0.1) is 11.3 Å². The predicted octanol–water partition coefficient (Wildman–Crippen LogP) is 3.33. The predicted molar refractivity (Wildman–Crippen MR) is 90.0 cm³/mol. The molecule has 0 saturated carbocycles. The molecule has 1 aromatic heterocycles. The van der Waals surface area contributed by atoms with Gasteiger partial charge in [0, 0.05) is 30.1 Å². The second-order valence-electron chi connectivity index (χ2n) is 7.29. The zero-order valence-corrected chi connectivity index (χ0v) is 14.7. The summed E-state index contributed by atoms with van der Waals surface area (Å²) >= 11 is 1.99. The van der Waals surface area contributed by atoms with Crippen LogP contribution in [0.15, 0.2) is 0 Å². The average Bonchev–Trinajstić information content (AvgIpc) is 3.02. The smallest absolute Gasteiger partial charge is 0.115 e. The van der Waals surface area contributed by atoms with Crippen LogP contribution in [0, 0.1) is 0 Å². The Labute approximate surface area is 133 Å². The molecule has 1 aliphatic heterocycles. The third-order valence-corrected chi connectivity index (χ3v) is 6.21. The molecule has 1 N–H and O–H groups in total. The molecule has 1 atom stereocenters. The standard InChI is InChI=1S/C17H29N3S/c1-12(2)19-17(9-10-20(11-17)13(3)4)16-18-14-7-5-6-8-15(14)21-16/h12-13,19H,5-11H2,1-4H3. The van der Waals surface area contributed by atoms with Crippen molar-refractivity contribution in [2.75, 3.05) is 13.1 Å². The van der Waals surface area contributed by atoms with E-state index in [0.717, 1.165) is 6.54 Å². The van der Waals surface area contributed by atoms with Crippen LogP contribution in [-0.2, 0) is 18.4 Å². The maximum Gasteiger partial charge on any atom is 0.115 e. The molecular formula is C17H29N3S. The summed E-state index contributed by atoms with van der Waals surface area (Å²) in [6, 6.07) is 1.12. The lowest BCUT2D eigenvalue weighted by atomic mass is 9.97. The van der Waals surface area contributed by atoms with E-state index in [-0.39, 0.29) is 5.54 Å². The Bertz CT molecular complexity index is 471. The molecule has 3 nitrogen and oxygen atoms in total. The minimum atomic E-state index is 0.0838. The summed E-state index contributed by atoms with van der Waals surface area (Å²) < 4.78 is 0. The number of aromatic nitrogens is 1. The first-order chi connectivity index (χ1) is 10.00. The van der Waals surface area contributed by atoms with E-state index in [1.807, 2.05) is 11.3 Å². The highest BCUT2D eigenvalue weighted by Gasteiger charge is 2.43. The summed E-state index contributed by atoms with van der Waals surface area (Å²) in [4.78, 5) is 9.23. The number of hydrogen-bond donors (Lipinski definition) is 1. The van der Waals surface area contributed by atoms with Crippen LogP contribution in [-0.4, -0.2) is 35.1 Å². The molecule has 0 bridgehead atoms. The molecule has 0 radical (unpaired) electrons. The molecule has 1 aliphatic carbocycles. The fourth-order valence-electron chi connectivity index (χ4n) is 3.74. The van der Waals surface area contributed by atoms with Crippen molar-refractivity contribution in [3.05, 3.63) is 15.6 Å². The van der Waals surface area contributed by atoms with Crippen LogP contribution in [0.1, 0.15) is 62.5 Å². The van der Waals surface area contributed by atoms with Gasteiger partial charge < -0.3 is 5.32 Å². The topological polar surface area (TPSA) is 28.2 Å². The summed E-state index contributed by atoms with van der Waals surface area (Å²) in [5.74, 6) is 0. The Hall–Kier alpha value is -0.450. The number of nitrogens with one attached hydrogen (secondary N) is 1. The molecule has 1 aromatic rings. The Kier molecular flexibility index (Phi) is 4.40. The lowest BCUT2D eigenvalue weighted by molar-refractivity contribution is 0.232. The van der Waals surface area contributed by atoms with Gasteiger partial charge in [0.2, 0.25) is 0 Å². The Morgan fingerprint density at radius 2 is 1.95 bits per heavy atom. The van der Waals surface area contributed by atoms with Crippen LogP contribution in [0.3, 0.4) is 0 Å². The van der Waals surface area contributed by atoms with Crippen molar-refractivity contribution in [3.8, 4) is 0 Å². The molecule has 1 saturated heterocycles. The Balaban J connectivity index is 1.91. The minimum Gasteiger partial charge on any atom is -0.302 e. The third kappa shape index (κ3) is 3.03. The molecule has 2 heterocycles. The number of aryl methyl sites for hydroxylation is 2. The van der Waals surface area contributed by atoms with E-state index in [4.69, 9.17) is 4.98 Å². The lowest BCUT2D eigenvalue weighted by Gasteiger charge is -2.32. The van der Waals surface area contributed by atoms with Gasteiger partial charge in [-0.1, -0.05) is 0 Å². The summed E-state index contributed by atoms with van der Waals surface area (Å²) in [5.41, 5.74) is 1.48. The molecule has 2 aliphatic rings. The zero-order valence-electron chi connectivity index (χ0n) is 13.9. The van der Waals surface area contributed by atoms with Crippen LogP contribution >= 0.6 is 11.3 Å². The Morgan fingerprint density at radius 1 is 1.19 bits per heavy atom. The fraction of sp³-hybridized carbons (Fsp3) is 0.824. The van der Waals surface area contributed by atoms with Gasteiger partial charge in [0.15, 0.2) is 0 Å².